The van der Waals surface area contributed by atoms with Gasteiger partial charge in [0.15, 0.2) is 0 Å². The number of esters is 1. The van der Waals surface area contributed by atoms with Crippen molar-refractivity contribution in [3.63, 3.8) is 0 Å². The van der Waals surface area contributed by atoms with Crippen LogP contribution in [0.15, 0.2) is 118 Å². The molecule has 4 aromatic carbocycles. The monoisotopic (exact) mass is 974 g/mol. The average Bonchev–Trinajstić information content (AvgIpc) is 2.99. The van der Waals surface area contributed by atoms with Gasteiger partial charge in [-0.3, -0.25) is 13.9 Å². The first-order valence-electron chi connectivity index (χ1n) is 12.1. The highest BCUT2D eigenvalue weighted by molar-refractivity contribution is 15.0. The number of rotatable bonds is 3. The highest BCUT2D eigenvalue weighted by atomic mass is 128. The highest BCUT2D eigenvalue weighted by Crippen LogP contribution is 2.39. The summed E-state index contributed by atoms with van der Waals surface area (Å²) < 4.78 is 38.8. The fourth-order valence-corrected chi connectivity index (χ4v) is 4.12. The Labute approximate surface area is 295 Å². The standard InChI is InChI=1S/C15H11BrO2.C9H8O2.C6H5BrO.I2.H2O4S/c16-11-6-7-14-13(8-11)12(9-15(17)18-14)10-4-2-1-3-5-10;10-9(11)7-6-8-4-2-1-3-5-8;7-5-1-3-6(8)4-2-5;1-2;1-5(2,3)4/h1-8,12H,9H2;1-7H,(H,10,11);1-4,8H;;(H2,1,2,3,4)/b;7-6+;;;. The quantitative estimate of drug-likeness (QED) is 0.0517. The van der Waals surface area contributed by atoms with Gasteiger partial charge in [0, 0.05) is 63.7 Å². The summed E-state index contributed by atoms with van der Waals surface area (Å²) in [6.45, 7) is 0. The number of carboxylic acids is 1. The molecule has 1 aliphatic heterocycles. The van der Waals surface area contributed by atoms with Crippen LogP contribution in [0, 0.1) is 0 Å². The van der Waals surface area contributed by atoms with Gasteiger partial charge < -0.3 is 14.9 Å². The molecule has 1 unspecified atom stereocenters. The van der Waals surface area contributed by atoms with Crippen molar-refractivity contribution in [1.82, 2.24) is 0 Å². The molecule has 0 bridgehead atoms. The third-order valence-electron chi connectivity index (χ3n) is 5.19. The van der Waals surface area contributed by atoms with Gasteiger partial charge in [-0.05, 0) is 59.7 Å². The second-order valence-corrected chi connectivity index (χ2v) is 11.1. The minimum Gasteiger partial charge on any atom is -0.508 e. The Morgan fingerprint density at radius 3 is 1.84 bits per heavy atom. The Morgan fingerprint density at radius 1 is 0.841 bits per heavy atom. The fraction of sp³-hybridized carbons (Fsp3) is 0.0667. The number of benzene rings is 4. The van der Waals surface area contributed by atoms with Gasteiger partial charge in [-0.2, -0.15) is 8.42 Å². The number of aliphatic carboxylic acids is 1. The number of hydrogen-bond acceptors (Lipinski definition) is 6. The lowest BCUT2D eigenvalue weighted by Gasteiger charge is -2.25. The number of carbonyl (C=O) groups is 2. The van der Waals surface area contributed by atoms with Crippen molar-refractivity contribution in [1.29, 1.82) is 0 Å². The molecular weight excluding hydrogens is 950 g/mol. The van der Waals surface area contributed by atoms with E-state index in [4.69, 9.17) is 32.5 Å². The van der Waals surface area contributed by atoms with E-state index in [9.17, 15) is 9.59 Å². The highest BCUT2D eigenvalue weighted by Gasteiger charge is 2.28. The number of phenolic OH excluding ortho intramolecular Hbond substituents is 1. The maximum Gasteiger partial charge on any atom is 0.394 e. The maximum absolute atomic E-state index is 11.7. The molecule has 4 aromatic rings. The van der Waals surface area contributed by atoms with Crippen molar-refractivity contribution in [2.24, 2.45) is 0 Å². The van der Waals surface area contributed by atoms with Gasteiger partial charge in [0.2, 0.25) is 0 Å². The van der Waals surface area contributed by atoms with Crippen LogP contribution in [0.5, 0.6) is 11.5 Å². The molecule has 0 saturated heterocycles. The van der Waals surface area contributed by atoms with E-state index in [2.05, 4.69) is 69.1 Å². The molecular formula is C30H26Br2I2O9S. The largest absolute Gasteiger partial charge is 0.508 e. The predicted octanol–water partition coefficient (Wildman–Crippen LogP) is 8.95. The number of carboxylic acid groups (broad SMARTS) is 1. The third-order valence-corrected chi connectivity index (χ3v) is 6.21. The predicted molar refractivity (Wildman–Crippen MR) is 194 cm³/mol. The van der Waals surface area contributed by atoms with E-state index in [0.29, 0.717) is 17.9 Å². The molecule has 0 radical (unpaired) electrons. The first-order chi connectivity index (χ1) is 20.8. The lowest BCUT2D eigenvalue weighted by Crippen LogP contribution is -2.20. The van der Waals surface area contributed by atoms with Gasteiger partial charge in [0.1, 0.15) is 11.5 Å². The summed E-state index contributed by atoms with van der Waals surface area (Å²) in [6, 6.07) is 32.0. The first-order valence-corrected chi connectivity index (χ1v) is 21.4. The summed E-state index contributed by atoms with van der Waals surface area (Å²) in [5.41, 5.74) is 3.11. The minimum absolute atomic E-state index is 0.0833. The Bertz CT molecular complexity index is 1560. The number of ether oxygens (including phenoxy) is 1. The number of fused-ring (bicyclic) bond motifs is 1. The summed E-state index contributed by atoms with van der Waals surface area (Å²) in [5.74, 6) is -0.0380. The first kappa shape index (κ1) is 39.7. The van der Waals surface area contributed by atoms with Gasteiger partial charge in [-0.1, -0.05) is 92.5 Å². The van der Waals surface area contributed by atoms with Crippen molar-refractivity contribution in [2.75, 3.05) is 0 Å². The van der Waals surface area contributed by atoms with Crippen molar-refractivity contribution >= 4 is 97.5 Å². The molecule has 1 aliphatic rings. The van der Waals surface area contributed by atoms with Gasteiger partial charge in [-0.25, -0.2) is 4.79 Å². The molecule has 0 saturated carbocycles. The van der Waals surface area contributed by atoms with Crippen LogP contribution in [0.1, 0.15) is 29.0 Å². The van der Waals surface area contributed by atoms with Crippen LogP contribution >= 0.6 is 69.1 Å². The molecule has 0 amide bonds. The summed E-state index contributed by atoms with van der Waals surface area (Å²) in [6.07, 6.45) is 3.07. The lowest BCUT2D eigenvalue weighted by atomic mass is 9.86. The fourth-order valence-electron chi connectivity index (χ4n) is 3.48. The zero-order valence-corrected chi connectivity index (χ0v) is 30.8. The second-order valence-electron chi connectivity index (χ2n) is 8.33. The summed E-state index contributed by atoms with van der Waals surface area (Å²) in [4.78, 5) is 21.7. The van der Waals surface area contributed by atoms with Crippen molar-refractivity contribution < 1.29 is 42.1 Å². The Balaban J connectivity index is 0.000000319. The SMILES string of the molecule is II.O=C(O)/C=C/c1ccccc1.O=C1CC(c2ccccc2)c2cc(Br)ccc2O1.O=S(=O)(O)O.Oc1ccc(Br)cc1. The second kappa shape index (κ2) is 21.4. The molecule has 0 aromatic heterocycles. The Kier molecular flexibility index (Phi) is 19.3. The molecule has 1 heterocycles. The van der Waals surface area contributed by atoms with Gasteiger partial charge in [0.05, 0.1) is 6.42 Å². The molecule has 9 nitrogen and oxygen atoms in total. The number of halogens is 4. The third kappa shape index (κ3) is 17.8. The van der Waals surface area contributed by atoms with E-state index < -0.39 is 16.4 Å². The summed E-state index contributed by atoms with van der Waals surface area (Å²) in [5, 5.41) is 17.0. The molecule has 5 rings (SSSR count). The van der Waals surface area contributed by atoms with Crippen LogP contribution in [0.2, 0.25) is 0 Å². The van der Waals surface area contributed by atoms with Crippen LogP contribution < -0.4 is 4.74 Å². The average molecular weight is 976 g/mol. The topological polar surface area (TPSA) is 158 Å². The van der Waals surface area contributed by atoms with Crippen molar-refractivity contribution in [2.45, 2.75) is 12.3 Å². The lowest BCUT2D eigenvalue weighted by molar-refractivity contribution is -0.135. The number of carbonyl (C=O) groups excluding carboxylic acids is 1. The van der Waals surface area contributed by atoms with E-state index in [-0.39, 0.29) is 11.9 Å². The molecule has 14 heteroatoms. The zero-order valence-electron chi connectivity index (χ0n) is 22.5. The molecule has 4 N–H and O–H groups in total. The van der Waals surface area contributed by atoms with Crippen LogP contribution in [-0.4, -0.2) is 39.7 Å². The van der Waals surface area contributed by atoms with Crippen molar-refractivity contribution in [3.8, 4) is 11.5 Å². The van der Waals surface area contributed by atoms with E-state index >= 15 is 0 Å². The van der Waals surface area contributed by atoms with Gasteiger partial charge >= 0.3 is 22.3 Å². The number of aromatic hydroxyl groups is 1. The molecule has 0 spiro atoms. The normalized spacial score (nSPS) is 13.0. The number of phenols is 1. The summed E-state index contributed by atoms with van der Waals surface area (Å²) in [7, 11) is -4.67. The molecule has 1 atom stereocenters. The van der Waals surface area contributed by atoms with Crippen LogP contribution in [-0.2, 0) is 20.0 Å². The van der Waals surface area contributed by atoms with Crippen LogP contribution in [0.25, 0.3) is 6.08 Å². The Hall–Kier alpha value is -2.35. The smallest absolute Gasteiger partial charge is 0.394 e. The van der Waals surface area contributed by atoms with Gasteiger partial charge in [-0.15, -0.1) is 0 Å². The summed E-state index contributed by atoms with van der Waals surface area (Å²) >= 11 is 10.9. The molecule has 44 heavy (non-hydrogen) atoms. The maximum atomic E-state index is 11.7. The van der Waals surface area contributed by atoms with E-state index in [1.54, 1.807) is 30.3 Å². The van der Waals surface area contributed by atoms with Crippen LogP contribution in [0.3, 0.4) is 0 Å². The molecule has 234 valence electrons. The van der Waals surface area contributed by atoms with E-state index in [1.165, 1.54) is 0 Å². The number of hydrogen-bond donors (Lipinski definition) is 4. The van der Waals surface area contributed by atoms with Crippen molar-refractivity contribution in [3.05, 3.63) is 135 Å². The molecule has 0 aliphatic carbocycles. The minimum atomic E-state index is -4.67. The molecule has 0 fully saturated rings. The van der Waals surface area contributed by atoms with Gasteiger partial charge in [0.25, 0.3) is 0 Å². The van der Waals surface area contributed by atoms with Crippen LogP contribution in [0.4, 0.5) is 0 Å². The van der Waals surface area contributed by atoms with E-state index in [0.717, 1.165) is 31.7 Å². The zero-order chi connectivity index (χ0) is 33.1. The Morgan fingerprint density at radius 2 is 1.34 bits per heavy atom. The van der Waals surface area contributed by atoms with E-state index in [1.807, 2.05) is 78.9 Å².